The van der Waals surface area contributed by atoms with E-state index >= 15 is 0 Å². The van der Waals surface area contributed by atoms with Crippen LogP contribution in [-0.2, 0) is 14.3 Å². The number of carbonyl (C=O) groups is 4. The SMILES string of the molecule is COc1ccc(C(=O)COC(=O)c2ccc(N3C(=O)CC(NC4CCCC4)C3=O)cc2)cc1. The Hall–Kier alpha value is -3.52. The van der Waals surface area contributed by atoms with Gasteiger partial charge in [-0.25, -0.2) is 9.69 Å². The highest BCUT2D eigenvalue weighted by molar-refractivity contribution is 6.22. The summed E-state index contributed by atoms with van der Waals surface area (Å²) in [5.74, 6) is -0.914. The Morgan fingerprint density at radius 3 is 2.24 bits per heavy atom. The van der Waals surface area contributed by atoms with Crippen LogP contribution in [0, 0.1) is 0 Å². The number of benzene rings is 2. The molecule has 0 spiro atoms. The van der Waals surface area contributed by atoms with Crippen LogP contribution in [0.25, 0.3) is 0 Å². The molecule has 33 heavy (non-hydrogen) atoms. The van der Waals surface area contributed by atoms with Crippen LogP contribution < -0.4 is 15.0 Å². The van der Waals surface area contributed by atoms with Crippen molar-refractivity contribution in [2.45, 2.75) is 44.2 Å². The maximum atomic E-state index is 12.8. The zero-order valence-electron chi connectivity index (χ0n) is 18.4. The molecule has 1 saturated carbocycles. The van der Waals surface area contributed by atoms with Crippen molar-refractivity contribution in [3.63, 3.8) is 0 Å². The lowest BCUT2D eigenvalue weighted by Crippen LogP contribution is -2.42. The number of esters is 1. The van der Waals surface area contributed by atoms with Crippen molar-refractivity contribution in [2.24, 2.45) is 0 Å². The van der Waals surface area contributed by atoms with Crippen molar-refractivity contribution >= 4 is 29.3 Å². The smallest absolute Gasteiger partial charge is 0.338 e. The number of anilines is 1. The Bertz CT molecular complexity index is 1040. The van der Waals surface area contributed by atoms with Crippen LogP contribution in [0.3, 0.4) is 0 Å². The molecule has 1 atom stereocenters. The number of hydrogen-bond donors (Lipinski definition) is 1. The summed E-state index contributed by atoms with van der Waals surface area (Å²) in [4.78, 5) is 51.0. The standard InChI is InChI=1S/C25H26N2O6/c1-32-20-12-8-16(9-13-20)22(28)15-33-25(31)17-6-10-19(11-7-17)27-23(29)14-21(24(27)30)26-18-4-2-3-5-18/h6-13,18,21,26H,2-5,14-15H2,1H3. The van der Waals surface area contributed by atoms with E-state index in [1.54, 1.807) is 24.3 Å². The fourth-order valence-electron chi connectivity index (χ4n) is 4.23. The minimum atomic E-state index is -0.664. The van der Waals surface area contributed by atoms with Crippen LogP contribution in [-0.4, -0.2) is 49.4 Å². The number of nitrogens with zero attached hydrogens (tertiary/aromatic N) is 1. The summed E-state index contributed by atoms with van der Waals surface area (Å²) in [6, 6.07) is 12.3. The first-order valence-electron chi connectivity index (χ1n) is 11.0. The van der Waals surface area contributed by atoms with Crippen LogP contribution in [0.4, 0.5) is 5.69 Å². The van der Waals surface area contributed by atoms with Gasteiger partial charge in [0.2, 0.25) is 5.91 Å². The maximum absolute atomic E-state index is 12.8. The summed E-state index contributed by atoms with van der Waals surface area (Å²) in [6.07, 6.45) is 4.46. The van der Waals surface area contributed by atoms with E-state index in [2.05, 4.69) is 5.32 Å². The molecule has 2 aliphatic rings. The minimum absolute atomic E-state index is 0.132. The first-order chi connectivity index (χ1) is 16.0. The van der Waals surface area contributed by atoms with Gasteiger partial charge in [-0.2, -0.15) is 0 Å². The average molecular weight is 450 g/mol. The Morgan fingerprint density at radius 2 is 1.61 bits per heavy atom. The van der Waals surface area contributed by atoms with Gasteiger partial charge in [0.25, 0.3) is 5.91 Å². The molecule has 1 N–H and O–H groups in total. The van der Waals surface area contributed by atoms with E-state index in [0.29, 0.717) is 17.0 Å². The third-order valence-corrected chi connectivity index (χ3v) is 6.05. The number of methoxy groups -OCH3 is 1. The first kappa shape index (κ1) is 22.7. The molecule has 8 nitrogen and oxygen atoms in total. The monoisotopic (exact) mass is 450 g/mol. The van der Waals surface area contributed by atoms with E-state index in [1.807, 2.05) is 0 Å². The molecule has 2 amide bonds. The molecular weight excluding hydrogens is 424 g/mol. The molecule has 1 heterocycles. The third-order valence-electron chi connectivity index (χ3n) is 6.05. The van der Waals surface area contributed by atoms with Crippen LogP contribution in [0.15, 0.2) is 48.5 Å². The predicted molar refractivity (Wildman–Crippen MR) is 120 cm³/mol. The molecule has 0 radical (unpaired) electrons. The summed E-state index contributed by atoms with van der Waals surface area (Å²) in [5, 5.41) is 3.31. The topological polar surface area (TPSA) is 102 Å². The maximum Gasteiger partial charge on any atom is 0.338 e. The summed E-state index contributed by atoms with van der Waals surface area (Å²) in [5.41, 5.74) is 1.04. The van der Waals surface area contributed by atoms with E-state index in [9.17, 15) is 19.2 Å². The van der Waals surface area contributed by atoms with Crippen molar-refractivity contribution in [1.29, 1.82) is 0 Å². The molecule has 1 aliphatic carbocycles. The van der Waals surface area contributed by atoms with Crippen LogP contribution >= 0.6 is 0 Å². The van der Waals surface area contributed by atoms with Crippen molar-refractivity contribution in [1.82, 2.24) is 5.32 Å². The summed E-state index contributed by atoms with van der Waals surface area (Å²) < 4.78 is 10.2. The average Bonchev–Trinajstić information content (AvgIpc) is 3.45. The highest BCUT2D eigenvalue weighted by atomic mass is 16.5. The number of hydrogen-bond acceptors (Lipinski definition) is 7. The zero-order chi connectivity index (χ0) is 23.4. The molecular formula is C25H26N2O6. The molecule has 8 heteroatoms. The number of imide groups is 1. The number of ether oxygens (including phenoxy) is 2. The van der Waals surface area contributed by atoms with E-state index < -0.39 is 18.6 Å². The second kappa shape index (κ2) is 9.95. The molecule has 0 aromatic heterocycles. The van der Waals surface area contributed by atoms with Crippen LogP contribution in [0.1, 0.15) is 52.8 Å². The Balaban J connectivity index is 1.34. The highest BCUT2D eigenvalue weighted by Crippen LogP contribution is 2.26. The third kappa shape index (κ3) is 5.12. The number of nitrogens with one attached hydrogen (secondary N) is 1. The van der Waals surface area contributed by atoms with E-state index in [1.165, 1.54) is 31.4 Å². The van der Waals surface area contributed by atoms with Crippen molar-refractivity contribution in [3.8, 4) is 5.75 Å². The van der Waals surface area contributed by atoms with Crippen molar-refractivity contribution in [3.05, 3.63) is 59.7 Å². The fourth-order valence-corrected chi connectivity index (χ4v) is 4.23. The predicted octanol–water partition coefficient (Wildman–Crippen LogP) is 2.90. The van der Waals surface area contributed by atoms with Gasteiger partial charge >= 0.3 is 5.97 Å². The number of rotatable bonds is 8. The van der Waals surface area contributed by atoms with Crippen molar-refractivity contribution < 1.29 is 28.7 Å². The normalized spacial score (nSPS) is 18.6. The van der Waals surface area contributed by atoms with Gasteiger partial charge in [-0.3, -0.25) is 14.4 Å². The molecule has 1 aliphatic heterocycles. The molecule has 2 aromatic rings. The Labute approximate surface area is 191 Å². The molecule has 0 bridgehead atoms. The number of amides is 2. The first-order valence-corrected chi connectivity index (χ1v) is 11.0. The van der Waals surface area contributed by atoms with Gasteiger partial charge in [-0.15, -0.1) is 0 Å². The molecule has 2 fully saturated rings. The second-order valence-corrected chi connectivity index (χ2v) is 8.25. The molecule has 4 rings (SSSR count). The van der Waals surface area contributed by atoms with Gasteiger partial charge in [-0.1, -0.05) is 12.8 Å². The zero-order valence-corrected chi connectivity index (χ0v) is 18.4. The lowest BCUT2D eigenvalue weighted by Gasteiger charge is -2.18. The molecule has 1 saturated heterocycles. The van der Waals surface area contributed by atoms with Gasteiger partial charge in [0.15, 0.2) is 12.4 Å². The van der Waals surface area contributed by atoms with Gasteiger partial charge in [0.1, 0.15) is 5.75 Å². The van der Waals surface area contributed by atoms with Gasteiger partial charge in [-0.05, 0) is 61.4 Å². The number of ketones is 1. The minimum Gasteiger partial charge on any atom is -0.497 e. The number of Topliss-reactive ketones (excluding diaryl/α,β-unsaturated/α-hetero) is 1. The Kier molecular flexibility index (Phi) is 6.84. The van der Waals surface area contributed by atoms with Gasteiger partial charge in [0.05, 0.1) is 30.8 Å². The lowest BCUT2D eigenvalue weighted by molar-refractivity contribution is -0.121. The molecule has 1 unspecified atom stereocenters. The number of carbonyl (C=O) groups excluding carboxylic acids is 4. The summed E-state index contributed by atoms with van der Waals surface area (Å²) in [6.45, 7) is -0.398. The van der Waals surface area contributed by atoms with Crippen LogP contribution in [0.5, 0.6) is 5.75 Å². The molecule has 2 aromatic carbocycles. The largest absolute Gasteiger partial charge is 0.497 e. The van der Waals surface area contributed by atoms with Gasteiger partial charge in [0, 0.05) is 11.6 Å². The molecule has 172 valence electrons. The van der Waals surface area contributed by atoms with Crippen molar-refractivity contribution in [2.75, 3.05) is 18.6 Å². The van der Waals surface area contributed by atoms with Gasteiger partial charge < -0.3 is 14.8 Å². The Morgan fingerprint density at radius 1 is 0.970 bits per heavy atom. The quantitative estimate of drug-likeness (QED) is 0.375. The fraction of sp³-hybridized carbons (Fsp3) is 0.360. The lowest BCUT2D eigenvalue weighted by atomic mass is 10.1. The van der Waals surface area contributed by atoms with E-state index in [-0.39, 0.29) is 35.6 Å². The van der Waals surface area contributed by atoms with E-state index in [4.69, 9.17) is 9.47 Å². The second-order valence-electron chi connectivity index (χ2n) is 8.25. The van der Waals surface area contributed by atoms with E-state index in [0.717, 1.165) is 30.6 Å². The highest BCUT2D eigenvalue weighted by Gasteiger charge is 2.40. The summed E-state index contributed by atoms with van der Waals surface area (Å²) in [7, 11) is 1.53. The summed E-state index contributed by atoms with van der Waals surface area (Å²) >= 11 is 0. The van der Waals surface area contributed by atoms with Crippen LogP contribution in [0.2, 0.25) is 0 Å².